The number of isocyanates is 1. The van der Waals surface area contributed by atoms with Crippen molar-refractivity contribution in [2.24, 2.45) is 5.10 Å². The van der Waals surface area contributed by atoms with Crippen molar-refractivity contribution in [1.82, 2.24) is 20.7 Å². The molecule has 0 atom stereocenters. The van der Waals surface area contributed by atoms with Gasteiger partial charge in [-0.3, -0.25) is 24.2 Å². The standard InChI is InChI=1S/C7H6N2O.C2H3N3.C2H7N.B.4FH/c10-6-8-9-7-4-2-1-3-5-7;1-2-4-5-3-1;1-3-2;;;;;/h1-5,9H;1-2H,(H,3,4,5);3H,1-2H3;;4*1H. The molecule has 0 aliphatic heterocycles. The number of hydrogen-bond acceptors (Lipinski definition) is 6. The molecule has 3 radical (unpaired) electrons. The fourth-order valence-electron chi connectivity index (χ4n) is 0.767. The summed E-state index contributed by atoms with van der Waals surface area (Å²) in [6, 6.07) is 9.20. The molecule has 1 heterocycles. The van der Waals surface area contributed by atoms with E-state index in [1.165, 1.54) is 6.08 Å². The Labute approximate surface area is 133 Å². The van der Waals surface area contributed by atoms with Gasteiger partial charge >= 0.3 is 0 Å². The fourth-order valence-corrected chi connectivity index (χ4v) is 0.767. The van der Waals surface area contributed by atoms with Gasteiger partial charge in [0.25, 0.3) is 6.08 Å². The molecule has 0 spiro atoms. The third-order valence-corrected chi connectivity index (χ3v) is 1.34. The molecular weight excluding hydrogens is 319 g/mol. The Kier molecular flexibility index (Phi) is 50.8. The third-order valence-electron chi connectivity index (χ3n) is 1.34. The van der Waals surface area contributed by atoms with Crippen molar-refractivity contribution in [3.05, 3.63) is 42.7 Å². The molecule has 23 heavy (non-hydrogen) atoms. The van der Waals surface area contributed by atoms with Crippen LogP contribution < -0.4 is 10.7 Å². The normalized spacial score (nSPS) is 6.00. The lowest BCUT2D eigenvalue weighted by molar-refractivity contribution is 0.564. The van der Waals surface area contributed by atoms with E-state index in [1.54, 1.807) is 24.5 Å². The molecular formula is C11H20BF4N6O. The van der Waals surface area contributed by atoms with Crippen LogP contribution in [0.3, 0.4) is 0 Å². The van der Waals surface area contributed by atoms with Crippen molar-refractivity contribution in [3.63, 3.8) is 0 Å². The van der Waals surface area contributed by atoms with Crippen molar-refractivity contribution in [2.45, 2.75) is 0 Å². The zero-order valence-electron chi connectivity index (χ0n) is 12.5. The molecule has 2 rings (SSSR count). The van der Waals surface area contributed by atoms with Crippen LogP contribution in [0, 0.1) is 0 Å². The second kappa shape index (κ2) is 31.6. The van der Waals surface area contributed by atoms with Crippen LogP contribution in [0.25, 0.3) is 0 Å². The number of hydrazone groups is 1. The summed E-state index contributed by atoms with van der Waals surface area (Å²) >= 11 is 0. The van der Waals surface area contributed by atoms with E-state index in [0.29, 0.717) is 0 Å². The number of hydrogen-bond donors (Lipinski definition) is 3. The van der Waals surface area contributed by atoms with E-state index in [2.05, 4.69) is 31.3 Å². The molecule has 0 saturated heterocycles. The Morgan fingerprint density at radius 3 is 1.74 bits per heavy atom. The maximum Gasteiger partial charge on any atom is 0.258 e. The van der Waals surface area contributed by atoms with Crippen LogP contribution in [0.5, 0.6) is 0 Å². The van der Waals surface area contributed by atoms with Gasteiger partial charge in [0.1, 0.15) is 0 Å². The maximum atomic E-state index is 9.62. The quantitative estimate of drug-likeness (QED) is 0.251. The minimum atomic E-state index is 0. The summed E-state index contributed by atoms with van der Waals surface area (Å²) in [5.74, 6) is 0. The average molecular weight is 339 g/mol. The number of halogens is 4. The highest BCUT2D eigenvalue weighted by atomic mass is 19.0. The van der Waals surface area contributed by atoms with E-state index in [4.69, 9.17) is 0 Å². The number of aromatic nitrogens is 3. The van der Waals surface area contributed by atoms with Crippen LogP contribution in [0.15, 0.2) is 47.8 Å². The fraction of sp³-hybridized carbons (Fsp3) is 0.182. The summed E-state index contributed by atoms with van der Waals surface area (Å²) < 4.78 is 0. The smallest absolute Gasteiger partial charge is 0.258 e. The van der Waals surface area contributed by atoms with Crippen molar-refractivity contribution in [3.8, 4) is 0 Å². The van der Waals surface area contributed by atoms with E-state index in [-0.39, 0.29) is 27.2 Å². The number of rotatable bonds is 2. The van der Waals surface area contributed by atoms with Crippen LogP contribution >= 0.6 is 0 Å². The molecule has 12 heteroatoms. The van der Waals surface area contributed by atoms with E-state index in [1.807, 2.05) is 32.3 Å². The molecule has 1 aromatic carbocycles. The summed E-state index contributed by atoms with van der Waals surface area (Å²) in [5.41, 5.74) is 3.28. The minimum absolute atomic E-state index is 0. The van der Waals surface area contributed by atoms with Gasteiger partial charge in [-0.15, -0.1) is 0 Å². The van der Waals surface area contributed by atoms with Gasteiger partial charge < -0.3 is 5.32 Å². The number of benzene rings is 1. The van der Waals surface area contributed by atoms with E-state index >= 15 is 0 Å². The summed E-state index contributed by atoms with van der Waals surface area (Å²) in [5, 5.41) is 15.3. The Morgan fingerprint density at radius 1 is 1.00 bits per heavy atom. The summed E-state index contributed by atoms with van der Waals surface area (Å²) in [4.78, 5) is 9.62. The van der Waals surface area contributed by atoms with Crippen LogP contribution in [0.4, 0.5) is 24.5 Å². The van der Waals surface area contributed by atoms with Gasteiger partial charge in [-0.2, -0.15) is 15.4 Å². The van der Waals surface area contributed by atoms with E-state index < -0.39 is 0 Å². The van der Waals surface area contributed by atoms with Gasteiger partial charge in [0.2, 0.25) is 0 Å². The first-order valence-electron chi connectivity index (χ1n) is 5.11. The average Bonchev–Trinajstić information content (AvgIpc) is 2.98. The number of nitrogens with one attached hydrogen (secondary N) is 3. The molecule has 0 unspecified atom stereocenters. The molecule has 0 amide bonds. The molecule has 0 bridgehead atoms. The zero-order chi connectivity index (χ0) is 13.5. The van der Waals surface area contributed by atoms with Gasteiger partial charge in [-0.1, -0.05) is 23.3 Å². The lowest BCUT2D eigenvalue weighted by atomic mass is 10.3. The SMILES string of the molecule is CNC.F.F.F.F.O=C=NNc1ccccc1.[B].c1cn[nH]n1. The van der Waals surface area contributed by atoms with E-state index in [0.717, 1.165) is 5.69 Å². The molecule has 0 aliphatic rings. The summed E-state index contributed by atoms with van der Waals surface area (Å²) in [7, 11) is 3.75. The summed E-state index contributed by atoms with van der Waals surface area (Å²) in [6.45, 7) is 0. The highest BCUT2D eigenvalue weighted by Gasteiger charge is 1.82. The second-order valence-electron chi connectivity index (χ2n) is 2.84. The number of aromatic amines is 1. The Bertz CT molecular complexity index is 414. The highest BCUT2D eigenvalue weighted by molar-refractivity contribution is 5.75. The Hall–Kier alpha value is -2.72. The zero-order valence-corrected chi connectivity index (χ0v) is 12.5. The molecule has 0 aliphatic carbocycles. The van der Waals surface area contributed by atoms with Gasteiger partial charge in [0.05, 0.1) is 18.1 Å². The highest BCUT2D eigenvalue weighted by Crippen LogP contribution is 2.03. The first kappa shape index (κ1) is 37.0. The predicted octanol–water partition coefficient (Wildman–Crippen LogP) is 1.22. The molecule has 131 valence electrons. The Balaban J connectivity index is -0.0000000487. The molecule has 7 nitrogen and oxygen atoms in total. The molecule has 2 aromatic rings. The first-order chi connectivity index (χ1) is 8.85. The van der Waals surface area contributed by atoms with Crippen LogP contribution in [0.1, 0.15) is 0 Å². The number of carbonyl (C=O) groups excluding carboxylic acids is 1. The monoisotopic (exact) mass is 339 g/mol. The molecule has 0 fully saturated rings. The van der Waals surface area contributed by atoms with Crippen LogP contribution in [0.2, 0.25) is 0 Å². The topological polar surface area (TPSA) is 95.1 Å². The molecule has 1 aromatic heterocycles. The lowest BCUT2D eigenvalue weighted by Crippen LogP contribution is -1.89. The van der Waals surface area contributed by atoms with Crippen molar-refractivity contribution >= 4 is 20.2 Å². The van der Waals surface area contributed by atoms with Gasteiger partial charge in [0, 0.05) is 8.41 Å². The van der Waals surface area contributed by atoms with Crippen molar-refractivity contribution < 1.29 is 23.6 Å². The van der Waals surface area contributed by atoms with Crippen LogP contribution in [-0.4, -0.2) is 44.0 Å². The van der Waals surface area contributed by atoms with Crippen LogP contribution in [-0.2, 0) is 4.79 Å². The van der Waals surface area contributed by atoms with Crippen molar-refractivity contribution in [2.75, 3.05) is 19.5 Å². The largest absolute Gasteiger partial charge is 0.323 e. The first-order valence-corrected chi connectivity index (χ1v) is 5.11. The number of H-pyrrole nitrogens is 1. The number of anilines is 1. The maximum absolute atomic E-state index is 9.62. The minimum Gasteiger partial charge on any atom is -0.323 e. The molecule has 0 saturated carbocycles. The van der Waals surface area contributed by atoms with E-state index in [9.17, 15) is 4.79 Å². The van der Waals surface area contributed by atoms with Gasteiger partial charge in [0.15, 0.2) is 0 Å². The number of nitrogens with zero attached hydrogens (tertiary/aromatic N) is 3. The number of para-hydroxylation sites is 1. The van der Waals surface area contributed by atoms with Gasteiger partial charge in [-0.25, -0.2) is 4.79 Å². The lowest BCUT2D eigenvalue weighted by Gasteiger charge is -1.93. The van der Waals surface area contributed by atoms with Gasteiger partial charge in [-0.05, 0) is 26.2 Å². The summed E-state index contributed by atoms with van der Waals surface area (Å²) in [6.07, 6.45) is 4.55. The third kappa shape index (κ3) is 28.2. The molecule has 3 N–H and O–H groups in total. The Morgan fingerprint density at radius 2 is 1.43 bits per heavy atom. The predicted molar refractivity (Wildman–Crippen MR) is 85.3 cm³/mol. The second-order valence-corrected chi connectivity index (χ2v) is 2.84. The van der Waals surface area contributed by atoms with Crippen molar-refractivity contribution in [1.29, 1.82) is 0 Å².